The van der Waals surface area contributed by atoms with Crippen molar-refractivity contribution >= 4 is 16.8 Å². The standard InChI is InChI=1S/C25H24N4O/c30-25(22-17-26-18-23-21(22)11-12-27-23)29-15-13-28(14-16-29)24(19-7-3-1-4-8-19)20-9-5-2-6-10-20/h1-12,17-18,24,27H,13-16H2. The summed E-state index contributed by atoms with van der Waals surface area (Å²) in [6, 6.07) is 23.4. The van der Waals surface area contributed by atoms with Gasteiger partial charge in [0.25, 0.3) is 5.91 Å². The fourth-order valence-electron chi connectivity index (χ4n) is 4.39. The highest BCUT2D eigenvalue weighted by Gasteiger charge is 2.29. The molecule has 0 spiro atoms. The lowest BCUT2D eigenvalue weighted by atomic mass is 9.96. The van der Waals surface area contributed by atoms with E-state index >= 15 is 0 Å². The summed E-state index contributed by atoms with van der Waals surface area (Å²) in [5, 5.41) is 0.934. The molecular weight excluding hydrogens is 372 g/mol. The van der Waals surface area contributed by atoms with Gasteiger partial charge >= 0.3 is 0 Å². The number of piperazine rings is 1. The number of carbonyl (C=O) groups is 1. The summed E-state index contributed by atoms with van der Waals surface area (Å²) in [6.45, 7) is 3.07. The second-order valence-corrected chi connectivity index (χ2v) is 7.68. The molecule has 0 atom stereocenters. The fraction of sp³-hybridized carbons (Fsp3) is 0.200. The van der Waals surface area contributed by atoms with Crippen molar-refractivity contribution in [3.63, 3.8) is 0 Å². The first-order chi connectivity index (χ1) is 14.8. The number of aromatic nitrogens is 2. The molecule has 3 heterocycles. The van der Waals surface area contributed by atoms with Gasteiger partial charge in [0.1, 0.15) is 0 Å². The second kappa shape index (κ2) is 8.13. The number of H-pyrrole nitrogens is 1. The molecule has 1 N–H and O–H groups in total. The second-order valence-electron chi connectivity index (χ2n) is 7.68. The number of rotatable bonds is 4. The Bertz CT molecular complexity index is 1090. The molecule has 2 aromatic heterocycles. The zero-order valence-corrected chi connectivity index (χ0v) is 16.7. The molecule has 1 fully saturated rings. The topological polar surface area (TPSA) is 52.2 Å². The van der Waals surface area contributed by atoms with E-state index in [1.807, 2.05) is 17.2 Å². The maximum absolute atomic E-state index is 13.2. The summed E-state index contributed by atoms with van der Waals surface area (Å²) in [5.41, 5.74) is 4.13. The monoisotopic (exact) mass is 396 g/mol. The van der Waals surface area contributed by atoms with Crippen LogP contribution in [0.2, 0.25) is 0 Å². The molecule has 5 rings (SSSR count). The van der Waals surface area contributed by atoms with Crippen molar-refractivity contribution in [2.75, 3.05) is 26.2 Å². The molecular formula is C25H24N4O. The normalized spacial score (nSPS) is 15.0. The number of carbonyl (C=O) groups excluding carboxylic acids is 1. The molecule has 5 nitrogen and oxygen atoms in total. The van der Waals surface area contributed by atoms with E-state index in [1.165, 1.54) is 11.1 Å². The van der Waals surface area contributed by atoms with Crippen LogP contribution in [0.3, 0.4) is 0 Å². The minimum Gasteiger partial charge on any atom is -0.360 e. The van der Waals surface area contributed by atoms with Crippen molar-refractivity contribution in [1.29, 1.82) is 0 Å². The molecule has 0 radical (unpaired) electrons. The Morgan fingerprint density at radius 3 is 2.10 bits per heavy atom. The van der Waals surface area contributed by atoms with Gasteiger partial charge < -0.3 is 9.88 Å². The van der Waals surface area contributed by atoms with Crippen molar-refractivity contribution in [3.8, 4) is 0 Å². The number of fused-ring (bicyclic) bond motifs is 1. The van der Waals surface area contributed by atoms with Gasteiger partial charge in [-0.3, -0.25) is 14.7 Å². The molecule has 0 unspecified atom stereocenters. The van der Waals surface area contributed by atoms with Gasteiger partial charge in [-0.1, -0.05) is 60.7 Å². The number of hydrogen-bond donors (Lipinski definition) is 1. The highest BCUT2D eigenvalue weighted by atomic mass is 16.2. The number of hydrogen-bond acceptors (Lipinski definition) is 3. The van der Waals surface area contributed by atoms with E-state index in [2.05, 4.69) is 75.5 Å². The zero-order valence-electron chi connectivity index (χ0n) is 16.7. The van der Waals surface area contributed by atoms with Crippen molar-refractivity contribution in [2.24, 2.45) is 0 Å². The van der Waals surface area contributed by atoms with E-state index in [0.29, 0.717) is 18.7 Å². The van der Waals surface area contributed by atoms with Crippen LogP contribution in [0.1, 0.15) is 27.5 Å². The van der Waals surface area contributed by atoms with Crippen LogP contribution in [0.15, 0.2) is 85.3 Å². The molecule has 1 aliphatic rings. The lowest BCUT2D eigenvalue weighted by molar-refractivity contribution is 0.0599. The maximum Gasteiger partial charge on any atom is 0.256 e. The molecule has 5 heteroatoms. The Morgan fingerprint density at radius 1 is 0.833 bits per heavy atom. The summed E-state index contributed by atoms with van der Waals surface area (Å²) in [4.78, 5) is 25.0. The van der Waals surface area contributed by atoms with Crippen molar-refractivity contribution < 1.29 is 4.79 Å². The minimum atomic E-state index is 0.0586. The Labute approximate surface area is 176 Å². The lowest BCUT2D eigenvalue weighted by Crippen LogP contribution is -2.49. The quantitative estimate of drug-likeness (QED) is 0.565. The molecule has 1 aliphatic heterocycles. The number of benzene rings is 2. The average molecular weight is 396 g/mol. The van der Waals surface area contributed by atoms with Gasteiger partial charge in [0.05, 0.1) is 23.3 Å². The molecule has 0 saturated carbocycles. The van der Waals surface area contributed by atoms with Crippen LogP contribution >= 0.6 is 0 Å². The summed E-state index contributed by atoms with van der Waals surface area (Å²) < 4.78 is 0. The molecule has 4 aromatic rings. The number of nitrogens with zero attached hydrogens (tertiary/aromatic N) is 3. The first kappa shape index (κ1) is 18.6. The highest BCUT2D eigenvalue weighted by Crippen LogP contribution is 2.30. The van der Waals surface area contributed by atoms with Gasteiger partial charge in [-0.25, -0.2) is 0 Å². The van der Waals surface area contributed by atoms with E-state index in [9.17, 15) is 4.79 Å². The highest BCUT2D eigenvalue weighted by molar-refractivity contribution is 6.05. The molecule has 2 aromatic carbocycles. The smallest absolute Gasteiger partial charge is 0.256 e. The Morgan fingerprint density at radius 2 is 1.47 bits per heavy atom. The molecule has 1 amide bonds. The van der Waals surface area contributed by atoms with Crippen LogP contribution in [0.4, 0.5) is 0 Å². The van der Waals surface area contributed by atoms with Gasteiger partial charge in [0.15, 0.2) is 0 Å². The predicted molar refractivity (Wildman–Crippen MR) is 118 cm³/mol. The third kappa shape index (κ3) is 3.48. The number of aromatic amines is 1. The summed E-state index contributed by atoms with van der Waals surface area (Å²) in [7, 11) is 0. The van der Waals surface area contributed by atoms with Gasteiger partial charge in [-0.05, 0) is 17.2 Å². The fourth-order valence-corrected chi connectivity index (χ4v) is 4.39. The third-order valence-corrected chi connectivity index (χ3v) is 5.90. The maximum atomic E-state index is 13.2. The summed E-state index contributed by atoms with van der Waals surface area (Å²) >= 11 is 0. The zero-order chi connectivity index (χ0) is 20.3. The average Bonchev–Trinajstić information content (AvgIpc) is 3.30. The molecule has 0 bridgehead atoms. The van der Waals surface area contributed by atoms with Crippen LogP contribution in [-0.2, 0) is 0 Å². The Hall–Kier alpha value is -3.44. The van der Waals surface area contributed by atoms with Crippen molar-refractivity contribution in [1.82, 2.24) is 19.8 Å². The van der Waals surface area contributed by atoms with E-state index in [1.54, 1.807) is 12.4 Å². The van der Waals surface area contributed by atoms with E-state index in [0.717, 1.165) is 24.0 Å². The van der Waals surface area contributed by atoms with Crippen LogP contribution in [-0.4, -0.2) is 51.9 Å². The van der Waals surface area contributed by atoms with Crippen molar-refractivity contribution in [3.05, 3.63) is 102 Å². The lowest BCUT2D eigenvalue weighted by Gasteiger charge is -2.39. The van der Waals surface area contributed by atoms with Crippen LogP contribution in [0.25, 0.3) is 10.9 Å². The predicted octanol–water partition coefficient (Wildman–Crippen LogP) is 4.11. The van der Waals surface area contributed by atoms with Crippen LogP contribution in [0, 0.1) is 0 Å². The molecule has 150 valence electrons. The number of pyridine rings is 1. The van der Waals surface area contributed by atoms with E-state index in [-0.39, 0.29) is 11.9 Å². The first-order valence-corrected chi connectivity index (χ1v) is 10.4. The third-order valence-electron chi connectivity index (χ3n) is 5.90. The number of amides is 1. The first-order valence-electron chi connectivity index (χ1n) is 10.4. The minimum absolute atomic E-state index is 0.0586. The number of nitrogens with one attached hydrogen (secondary N) is 1. The van der Waals surface area contributed by atoms with Gasteiger partial charge in [-0.2, -0.15) is 0 Å². The van der Waals surface area contributed by atoms with Gasteiger partial charge in [0.2, 0.25) is 0 Å². The SMILES string of the molecule is O=C(c1cncc2[nH]ccc12)N1CCN(C(c2ccccc2)c2ccccc2)CC1. The molecule has 30 heavy (non-hydrogen) atoms. The van der Waals surface area contributed by atoms with Crippen LogP contribution < -0.4 is 0 Å². The Balaban J connectivity index is 1.36. The van der Waals surface area contributed by atoms with Crippen LogP contribution in [0.5, 0.6) is 0 Å². The molecule has 0 aliphatic carbocycles. The molecule has 1 saturated heterocycles. The largest absolute Gasteiger partial charge is 0.360 e. The summed E-state index contributed by atoms with van der Waals surface area (Å²) in [5.74, 6) is 0.0586. The van der Waals surface area contributed by atoms with E-state index < -0.39 is 0 Å². The van der Waals surface area contributed by atoms with Gasteiger partial charge in [0, 0.05) is 44.0 Å². The summed E-state index contributed by atoms with van der Waals surface area (Å²) in [6.07, 6.45) is 5.29. The Kier molecular flexibility index (Phi) is 5.03. The van der Waals surface area contributed by atoms with Gasteiger partial charge in [-0.15, -0.1) is 0 Å². The van der Waals surface area contributed by atoms with Crippen molar-refractivity contribution in [2.45, 2.75) is 6.04 Å². The van der Waals surface area contributed by atoms with E-state index in [4.69, 9.17) is 0 Å².